The Hall–Kier alpha value is -1.05. The maximum Gasteiger partial charge on any atom is 0.127 e. The first-order valence-corrected chi connectivity index (χ1v) is 6.67. The third-order valence-electron chi connectivity index (χ3n) is 2.93. The molecule has 0 N–H and O–H groups in total. The van der Waals surface area contributed by atoms with Gasteiger partial charge < -0.3 is 4.74 Å². The van der Waals surface area contributed by atoms with E-state index in [1.54, 1.807) is 17.8 Å². The third-order valence-corrected chi connectivity index (χ3v) is 4.46. The van der Waals surface area contributed by atoms with Gasteiger partial charge in [-0.1, -0.05) is 0 Å². The predicted octanol–water partition coefficient (Wildman–Crippen LogP) is 3.11. The van der Waals surface area contributed by atoms with Gasteiger partial charge in [0.1, 0.15) is 5.82 Å². The summed E-state index contributed by atoms with van der Waals surface area (Å²) in [5, 5.41) is 9.21. The lowest BCUT2D eigenvalue weighted by atomic mass is 10.1. The highest BCUT2D eigenvalue weighted by molar-refractivity contribution is 7.99. The second-order valence-corrected chi connectivity index (χ2v) is 5.36. The molecule has 2 nitrogen and oxygen atoms in total. The number of hydrogen-bond donors (Lipinski definition) is 0. The summed E-state index contributed by atoms with van der Waals surface area (Å²) in [5.74, 6) is 0.364. The van der Waals surface area contributed by atoms with Crippen molar-refractivity contribution in [3.05, 3.63) is 35.1 Å². The lowest BCUT2D eigenvalue weighted by Gasteiger charge is -2.13. The molecule has 2 atom stereocenters. The van der Waals surface area contributed by atoms with Crippen LogP contribution < -0.4 is 0 Å². The highest BCUT2D eigenvalue weighted by Crippen LogP contribution is 2.29. The Labute approximate surface area is 105 Å². The molecule has 1 aliphatic rings. The van der Waals surface area contributed by atoms with Crippen molar-refractivity contribution in [2.75, 3.05) is 6.61 Å². The molecule has 1 aliphatic heterocycles. The van der Waals surface area contributed by atoms with Gasteiger partial charge in [-0.3, -0.25) is 0 Å². The molecule has 1 aromatic carbocycles. The number of benzene rings is 1. The van der Waals surface area contributed by atoms with Crippen LogP contribution in [0, 0.1) is 17.1 Å². The summed E-state index contributed by atoms with van der Waals surface area (Å²) in [6.45, 7) is 2.84. The molecule has 0 bridgehead atoms. The van der Waals surface area contributed by atoms with Crippen LogP contribution in [0.1, 0.15) is 24.5 Å². The number of rotatable bonds is 3. The van der Waals surface area contributed by atoms with Crippen LogP contribution >= 0.6 is 11.8 Å². The molecule has 4 heteroatoms. The Bertz CT molecular complexity index is 444. The highest BCUT2D eigenvalue weighted by Gasteiger charge is 2.24. The molecule has 0 spiro atoms. The van der Waals surface area contributed by atoms with Gasteiger partial charge in [0.2, 0.25) is 0 Å². The van der Waals surface area contributed by atoms with E-state index in [9.17, 15) is 4.39 Å². The van der Waals surface area contributed by atoms with Crippen LogP contribution in [0.25, 0.3) is 0 Å². The minimum Gasteiger partial charge on any atom is -0.377 e. The first kappa shape index (κ1) is 12.4. The topological polar surface area (TPSA) is 33.0 Å². The maximum atomic E-state index is 13.5. The molecule has 0 aromatic heterocycles. The first-order valence-electron chi connectivity index (χ1n) is 5.62. The Kier molecular flexibility index (Phi) is 4.03. The van der Waals surface area contributed by atoms with Crippen LogP contribution in [0.2, 0.25) is 0 Å². The van der Waals surface area contributed by atoms with E-state index in [0.717, 1.165) is 13.0 Å². The van der Waals surface area contributed by atoms with E-state index in [1.165, 1.54) is 12.1 Å². The monoisotopic (exact) mass is 251 g/mol. The van der Waals surface area contributed by atoms with Crippen molar-refractivity contribution in [2.24, 2.45) is 0 Å². The van der Waals surface area contributed by atoms with E-state index in [4.69, 9.17) is 10.00 Å². The minimum absolute atomic E-state index is 0.233. The molecule has 1 saturated heterocycles. The van der Waals surface area contributed by atoms with E-state index in [1.807, 2.05) is 13.0 Å². The molecule has 1 heterocycles. The van der Waals surface area contributed by atoms with E-state index in [-0.39, 0.29) is 11.9 Å². The lowest BCUT2D eigenvalue weighted by Crippen LogP contribution is -2.13. The van der Waals surface area contributed by atoms with Crippen LogP contribution in [0.4, 0.5) is 4.39 Å². The van der Waals surface area contributed by atoms with Crippen molar-refractivity contribution in [2.45, 2.75) is 30.5 Å². The van der Waals surface area contributed by atoms with E-state index >= 15 is 0 Å². The van der Waals surface area contributed by atoms with E-state index < -0.39 is 0 Å². The first-order chi connectivity index (χ1) is 8.20. The molecule has 0 radical (unpaired) electrons. The molecule has 1 aromatic rings. The van der Waals surface area contributed by atoms with Crippen LogP contribution in [-0.2, 0) is 10.5 Å². The average Bonchev–Trinajstić information content (AvgIpc) is 2.74. The van der Waals surface area contributed by atoms with Gasteiger partial charge >= 0.3 is 0 Å². The largest absolute Gasteiger partial charge is 0.377 e. The maximum absolute atomic E-state index is 13.5. The second kappa shape index (κ2) is 5.52. The Morgan fingerprint density at radius 1 is 1.59 bits per heavy atom. The molecular weight excluding hydrogens is 237 g/mol. The number of nitriles is 1. The van der Waals surface area contributed by atoms with Gasteiger partial charge in [0.25, 0.3) is 0 Å². The molecular formula is C13H14FNOS. The Morgan fingerprint density at radius 3 is 3.06 bits per heavy atom. The molecule has 0 aliphatic carbocycles. The smallest absolute Gasteiger partial charge is 0.127 e. The molecule has 1 fully saturated rings. The zero-order valence-electron chi connectivity index (χ0n) is 9.65. The third kappa shape index (κ3) is 2.99. The standard InChI is InChI=1S/C13H14FNOS/c1-9-13(4-5-16-9)17-8-11-6-10(7-15)2-3-12(11)14/h2-3,6,9,13H,4-5,8H2,1H3. The molecule has 2 unspecified atom stereocenters. The zero-order chi connectivity index (χ0) is 12.3. The fraction of sp³-hybridized carbons (Fsp3) is 0.462. The second-order valence-electron chi connectivity index (χ2n) is 4.13. The van der Waals surface area contributed by atoms with Gasteiger partial charge in [-0.15, -0.1) is 0 Å². The van der Waals surface area contributed by atoms with E-state index in [2.05, 4.69) is 0 Å². The van der Waals surface area contributed by atoms with Crippen molar-refractivity contribution < 1.29 is 9.13 Å². The van der Waals surface area contributed by atoms with Crippen LogP contribution in [-0.4, -0.2) is 18.0 Å². The van der Waals surface area contributed by atoms with Gasteiger partial charge in [0.15, 0.2) is 0 Å². The molecule has 90 valence electrons. The van der Waals surface area contributed by atoms with Gasteiger partial charge in [-0.2, -0.15) is 17.0 Å². The zero-order valence-corrected chi connectivity index (χ0v) is 10.5. The molecule has 0 amide bonds. The van der Waals surface area contributed by atoms with Crippen molar-refractivity contribution in [1.29, 1.82) is 5.26 Å². The van der Waals surface area contributed by atoms with Gasteiger partial charge in [-0.25, -0.2) is 4.39 Å². The highest BCUT2D eigenvalue weighted by atomic mass is 32.2. The van der Waals surface area contributed by atoms with Crippen LogP contribution in [0.3, 0.4) is 0 Å². The van der Waals surface area contributed by atoms with Crippen molar-refractivity contribution in [1.82, 2.24) is 0 Å². The van der Waals surface area contributed by atoms with Gasteiger partial charge in [0.05, 0.1) is 17.7 Å². The van der Waals surface area contributed by atoms with Crippen LogP contribution in [0.15, 0.2) is 18.2 Å². The molecule has 2 rings (SSSR count). The number of thioether (sulfide) groups is 1. The fourth-order valence-electron chi connectivity index (χ4n) is 1.88. The van der Waals surface area contributed by atoms with Gasteiger partial charge in [0, 0.05) is 17.6 Å². The van der Waals surface area contributed by atoms with Crippen molar-refractivity contribution in [3.8, 4) is 6.07 Å². The predicted molar refractivity (Wildman–Crippen MR) is 66.2 cm³/mol. The lowest BCUT2D eigenvalue weighted by molar-refractivity contribution is 0.127. The Morgan fingerprint density at radius 2 is 2.41 bits per heavy atom. The fourth-order valence-corrected chi connectivity index (χ4v) is 3.11. The number of halogens is 1. The quantitative estimate of drug-likeness (QED) is 0.827. The summed E-state index contributed by atoms with van der Waals surface area (Å²) in [6, 6.07) is 6.53. The summed E-state index contributed by atoms with van der Waals surface area (Å²) in [4.78, 5) is 0. The summed E-state index contributed by atoms with van der Waals surface area (Å²) < 4.78 is 19.0. The van der Waals surface area contributed by atoms with Crippen molar-refractivity contribution >= 4 is 11.8 Å². The van der Waals surface area contributed by atoms with Gasteiger partial charge in [-0.05, 0) is 37.1 Å². The average molecular weight is 251 g/mol. The SMILES string of the molecule is CC1OCCC1SCc1cc(C#N)ccc1F. The summed E-state index contributed by atoms with van der Waals surface area (Å²) in [6.07, 6.45) is 1.26. The number of nitrogens with zero attached hydrogens (tertiary/aromatic N) is 1. The number of ether oxygens (including phenoxy) is 1. The van der Waals surface area contributed by atoms with Crippen molar-refractivity contribution in [3.63, 3.8) is 0 Å². The summed E-state index contributed by atoms with van der Waals surface area (Å²) >= 11 is 1.70. The normalized spacial score (nSPS) is 23.6. The summed E-state index contributed by atoms with van der Waals surface area (Å²) in [7, 11) is 0. The van der Waals surface area contributed by atoms with Crippen LogP contribution in [0.5, 0.6) is 0 Å². The summed E-state index contributed by atoms with van der Waals surface area (Å²) in [5.41, 5.74) is 1.12. The van der Waals surface area contributed by atoms with E-state index in [0.29, 0.717) is 22.1 Å². The minimum atomic E-state index is -0.233. The molecule has 0 saturated carbocycles. The Balaban J connectivity index is 2.01. The number of hydrogen-bond acceptors (Lipinski definition) is 3. The molecule has 17 heavy (non-hydrogen) atoms.